The molecule has 0 aliphatic carbocycles. The number of hydrogen-bond acceptors (Lipinski definition) is 3. The van der Waals surface area contributed by atoms with E-state index in [4.69, 9.17) is 0 Å². The molecule has 0 saturated carbocycles. The first-order valence-corrected chi connectivity index (χ1v) is 8.26. The monoisotopic (exact) mass is 354 g/mol. The van der Waals surface area contributed by atoms with Gasteiger partial charge in [0.2, 0.25) is 0 Å². The Morgan fingerprint density at radius 3 is 2.70 bits per heavy atom. The molecule has 124 valence electrons. The molecule has 1 saturated heterocycles. The molecule has 2 aromatic rings. The van der Waals surface area contributed by atoms with Crippen molar-refractivity contribution in [1.29, 1.82) is 0 Å². The van der Waals surface area contributed by atoms with E-state index in [1.807, 2.05) is 17.9 Å². The van der Waals surface area contributed by atoms with Crippen LogP contribution < -0.4 is 5.32 Å². The van der Waals surface area contributed by atoms with Gasteiger partial charge in [-0.3, -0.25) is 4.79 Å². The lowest BCUT2D eigenvalue weighted by Gasteiger charge is -2.33. The zero-order valence-electron chi connectivity index (χ0n) is 13.1. The van der Waals surface area contributed by atoms with Gasteiger partial charge in [-0.25, -0.2) is 4.39 Å². The summed E-state index contributed by atoms with van der Waals surface area (Å²) in [5, 5.41) is 3.29. The maximum absolute atomic E-state index is 13.1. The Kier molecular flexibility index (Phi) is 5.79. The van der Waals surface area contributed by atoms with Gasteiger partial charge in [0.25, 0.3) is 5.91 Å². The maximum atomic E-state index is 13.1. The number of hydrogen-bond donors (Lipinski definition) is 1. The van der Waals surface area contributed by atoms with Crippen LogP contribution in [0, 0.1) is 12.7 Å². The predicted molar refractivity (Wildman–Crippen MR) is 95.1 cm³/mol. The molecule has 1 fully saturated rings. The Balaban J connectivity index is 0.00000192. The fraction of sp³-hybridized carbons (Fsp3) is 0.353. The van der Waals surface area contributed by atoms with E-state index >= 15 is 0 Å². The van der Waals surface area contributed by atoms with Crippen molar-refractivity contribution in [1.82, 2.24) is 10.2 Å². The van der Waals surface area contributed by atoms with Crippen LogP contribution >= 0.6 is 23.7 Å². The fourth-order valence-corrected chi connectivity index (χ4v) is 3.89. The third-order valence-corrected chi connectivity index (χ3v) is 5.27. The number of thiophene rings is 1. The predicted octanol–water partition coefficient (Wildman–Crippen LogP) is 3.72. The topological polar surface area (TPSA) is 32.3 Å². The second-order valence-electron chi connectivity index (χ2n) is 5.68. The van der Waals surface area contributed by atoms with E-state index in [0.29, 0.717) is 0 Å². The number of amides is 1. The van der Waals surface area contributed by atoms with E-state index in [2.05, 4.69) is 12.2 Å². The van der Waals surface area contributed by atoms with E-state index < -0.39 is 0 Å². The highest BCUT2D eigenvalue weighted by Crippen LogP contribution is 2.33. The Bertz CT molecular complexity index is 686. The van der Waals surface area contributed by atoms with Gasteiger partial charge in [0.1, 0.15) is 5.82 Å². The molecular formula is C17H20ClFN2OS. The molecule has 1 aliphatic heterocycles. The number of aryl methyl sites for hydroxylation is 1. The van der Waals surface area contributed by atoms with Crippen LogP contribution in [0.2, 0.25) is 0 Å². The minimum atomic E-state index is -0.246. The summed E-state index contributed by atoms with van der Waals surface area (Å²) in [5.74, 6) is -0.153. The van der Waals surface area contributed by atoms with Gasteiger partial charge >= 0.3 is 0 Å². The molecular weight excluding hydrogens is 335 g/mol. The van der Waals surface area contributed by atoms with Crippen molar-refractivity contribution in [2.24, 2.45) is 0 Å². The molecule has 1 aromatic heterocycles. The number of carbonyl (C=O) groups excluding carboxylic acids is 1. The number of nitrogens with one attached hydrogen (secondary N) is 1. The van der Waals surface area contributed by atoms with Crippen molar-refractivity contribution in [2.75, 3.05) is 19.6 Å². The van der Waals surface area contributed by atoms with Crippen molar-refractivity contribution in [3.05, 3.63) is 46.6 Å². The van der Waals surface area contributed by atoms with Gasteiger partial charge in [0, 0.05) is 30.6 Å². The first-order valence-electron chi connectivity index (χ1n) is 7.44. The molecule has 1 N–H and O–H groups in total. The van der Waals surface area contributed by atoms with Crippen molar-refractivity contribution in [2.45, 2.75) is 19.9 Å². The SMILES string of the molecule is Cc1cc(C(=O)N2CCNC[C@H]2C)sc1-c1ccc(F)cc1.Cl. The number of carbonyl (C=O) groups is 1. The van der Waals surface area contributed by atoms with Gasteiger partial charge in [-0.15, -0.1) is 23.7 Å². The molecule has 23 heavy (non-hydrogen) atoms. The summed E-state index contributed by atoms with van der Waals surface area (Å²) in [6.07, 6.45) is 0. The molecule has 3 rings (SSSR count). The normalized spacial score (nSPS) is 17.7. The zero-order valence-corrected chi connectivity index (χ0v) is 14.8. The van der Waals surface area contributed by atoms with Crippen molar-refractivity contribution in [3.8, 4) is 10.4 Å². The average Bonchev–Trinajstić information content (AvgIpc) is 2.90. The largest absolute Gasteiger partial charge is 0.333 e. The number of rotatable bonds is 2. The van der Waals surface area contributed by atoms with Gasteiger partial charge < -0.3 is 10.2 Å². The van der Waals surface area contributed by atoms with Crippen molar-refractivity contribution in [3.63, 3.8) is 0 Å². The Morgan fingerprint density at radius 1 is 1.35 bits per heavy atom. The molecule has 3 nitrogen and oxygen atoms in total. The third-order valence-electron chi connectivity index (χ3n) is 4.00. The average molecular weight is 355 g/mol. The quantitative estimate of drug-likeness (QED) is 0.891. The Labute approximate surface area is 145 Å². The smallest absolute Gasteiger partial charge is 0.264 e. The molecule has 1 aliphatic rings. The van der Waals surface area contributed by atoms with Gasteiger partial charge in [-0.2, -0.15) is 0 Å². The number of piperazine rings is 1. The zero-order chi connectivity index (χ0) is 15.7. The highest BCUT2D eigenvalue weighted by Gasteiger charge is 2.25. The van der Waals surface area contributed by atoms with Crippen LogP contribution in [0.1, 0.15) is 22.2 Å². The maximum Gasteiger partial charge on any atom is 0.264 e. The lowest BCUT2D eigenvalue weighted by Crippen LogP contribution is -2.52. The standard InChI is InChI=1S/C17H19FN2OS.ClH/c1-11-9-15(17(21)20-8-7-19-10-12(20)2)22-16(11)13-3-5-14(18)6-4-13;/h3-6,9,12,19H,7-8,10H2,1-2H3;1H/t12-;/m1./s1. The van der Waals surface area contributed by atoms with Crippen LogP contribution in [-0.2, 0) is 0 Å². The summed E-state index contributed by atoms with van der Waals surface area (Å²) in [5.41, 5.74) is 2.01. The Morgan fingerprint density at radius 2 is 2.04 bits per heavy atom. The minimum Gasteiger partial charge on any atom is -0.333 e. The van der Waals surface area contributed by atoms with E-state index in [0.717, 1.165) is 40.5 Å². The van der Waals surface area contributed by atoms with Crippen LogP contribution in [0.15, 0.2) is 30.3 Å². The number of benzene rings is 1. The van der Waals surface area contributed by atoms with Gasteiger partial charge in [-0.05, 0) is 43.2 Å². The van der Waals surface area contributed by atoms with Crippen LogP contribution in [0.3, 0.4) is 0 Å². The van der Waals surface area contributed by atoms with Crippen LogP contribution in [0.25, 0.3) is 10.4 Å². The molecule has 1 aromatic carbocycles. The molecule has 0 bridgehead atoms. The number of nitrogens with zero attached hydrogens (tertiary/aromatic N) is 1. The van der Waals surface area contributed by atoms with Crippen molar-refractivity contribution >= 4 is 29.7 Å². The highest BCUT2D eigenvalue weighted by molar-refractivity contribution is 7.17. The van der Waals surface area contributed by atoms with Gasteiger partial charge in [0.05, 0.1) is 4.88 Å². The second kappa shape index (κ2) is 7.43. The molecule has 1 amide bonds. The van der Waals surface area contributed by atoms with Crippen LogP contribution in [-0.4, -0.2) is 36.5 Å². The summed E-state index contributed by atoms with van der Waals surface area (Å²) in [7, 11) is 0. The van der Waals surface area contributed by atoms with Crippen LogP contribution in [0.4, 0.5) is 4.39 Å². The first kappa shape index (κ1) is 17.9. The summed E-state index contributed by atoms with van der Waals surface area (Å²) in [6.45, 7) is 6.47. The van der Waals surface area contributed by atoms with Gasteiger partial charge in [0.15, 0.2) is 0 Å². The minimum absolute atomic E-state index is 0. The molecule has 0 spiro atoms. The van der Waals surface area contributed by atoms with E-state index in [9.17, 15) is 9.18 Å². The van der Waals surface area contributed by atoms with Crippen LogP contribution in [0.5, 0.6) is 0 Å². The summed E-state index contributed by atoms with van der Waals surface area (Å²) in [6, 6.07) is 8.58. The second-order valence-corrected chi connectivity index (χ2v) is 6.73. The van der Waals surface area contributed by atoms with E-state index in [1.165, 1.54) is 23.5 Å². The van der Waals surface area contributed by atoms with E-state index in [-0.39, 0.29) is 30.2 Å². The molecule has 6 heteroatoms. The summed E-state index contributed by atoms with van der Waals surface area (Å²) < 4.78 is 13.1. The third kappa shape index (κ3) is 3.74. The van der Waals surface area contributed by atoms with E-state index in [1.54, 1.807) is 12.1 Å². The summed E-state index contributed by atoms with van der Waals surface area (Å²) in [4.78, 5) is 16.4. The summed E-state index contributed by atoms with van der Waals surface area (Å²) >= 11 is 1.49. The number of halogens is 2. The van der Waals surface area contributed by atoms with Gasteiger partial charge in [-0.1, -0.05) is 12.1 Å². The molecule has 2 heterocycles. The van der Waals surface area contributed by atoms with Crippen molar-refractivity contribution < 1.29 is 9.18 Å². The molecule has 0 unspecified atom stereocenters. The lowest BCUT2D eigenvalue weighted by atomic mass is 10.1. The molecule has 1 atom stereocenters. The lowest BCUT2D eigenvalue weighted by molar-refractivity contribution is 0.0661. The fourth-order valence-electron chi connectivity index (χ4n) is 2.76. The first-order chi connectivity index (χ1) is 10.6. The Hall–Kier alpha value is -1.43. The molecule has 0 radical (unpaired) electrons. The highest BCUT2D eigenvalue weighted by atomic mass is 35.5.